The summed E-state index contributed by atoms with van der Waals surface area (Å²) in [6.07, 6.45) is 1.39. The minimum absolute atomic E-state index is 0.120. The summed E-state index contributed by atoms with van der Waals surface area (Å²) >= 11 is 6.95. The summed E-state index contributed by atoms with van der Waals surface area (Å²) < 4.78 is 14.7. The first-order chi connectivity index (χ1) is 9.99. The van der Waals surface area contributed by atoms with Crippen LogP contribution in [-0.2, 0) is 0 Å². The summed E-state index contributed by atoms with van der Waals surface area (Å²) in [5.41, 5.74) is 3.94. The lowest BCUT2D eigenvalue weighted by atomic mass is 9.64. The third kappa shape index (κ3) is 3.23. The Hall–Kier alpha value is 1.32. The van der Waals surface area contributed by atoms with Gasteiger partial charge in [0.25, 0.3) is 0 Å². The van der Waals surface area contributed by atoms with Crippen molar-refractivity contribution in [3.8, 4) is 0 Å². The Morgan fingerprint density at radius 1 is 1.39 bits per heavy atom. The van der Waals surface area contributed by atoms with Gasteiger partial charge in [0, 0.05) is 11.2 Å². The van der Waals surface area contributed by atoms with E-state index in [-0.39, 0.29) is 20.7 Å². The van der Waals surface area contributed by atoms with Crippen molar-refractivity contribution >= 4 is 44.5 Å². The molecular formula is C16H33FIN2OPS. The monoisotopic (exact) mass is 478 g/mol. The number of likely N-dealkylation sites (tertiary alicyclic amines) is 1. The molecule has 23 heavy (non-hydrogen) atoms. The van der Waals surface area contributed by atoms with E-state index in [9.17, 15) is 5.11 Å². The van der Waals surface area contributed by atoms with Gasteiger partial charge >= 0.3 is 0 Å². The second-order valence-corrected chi connectivity index (χ2v) is 11.6. The molecule has 1 fully saturated rings. The Balaban J connectivity index is 3.71. The van der Waals surface area contributed by atoms with E-state index in [4.69, 9.17) is 5.73 Å². The molecule has 0 aliphatic carbocycles. The Bertz CT molecular complexity index is 459. The van der Waals surface area contributed by atoms with Crippen LogP contribution < -0.4 is 5.73 Å². The van der Waals surface area contributed by atoms with Gasteiger partial charge in [-0.15, -0.1) is 9.24 Å². The fraction of sp³-hybridized carbons (Fsp3) is 1.00. The van der Waals surface area contributed by atoms with Crippen LogP contribution >= 0.6 is 44.5 Å². The van der Waals surface area contributed by atoms with E-state index in [1.807, 2.05) is 13.8 Å². The molecular weight excluding hydrogens is 445 g/mol. The number of nitrogens with zero attached hydrogens (tertiary/aromatic N) is 1. The molecule has 0 aromatic carbocycles. The van der Waals surface area contributed by atoms with Crippen LogP contribution in [0.15, 0.2) is 0 Å². The minimum Gasteiger partial charge on any atom is -0.370 e. The molecule has 0 aromatic heterocycles. The first-order valence-corrected chi connectivity index (χ1v) is 10.4. The Morgan fingerprint density at radius 2 is 1.83 bits per heavy atom. The molecule has 0 saturated carbocycles. The predicted molar refractivity (Wildman–Crippen MR) is 112 cm³/mol. The minimum atomic E-state index is -2.11. The lowest BCUT2D eigenvalue weighted by molar-refractivity contribution is -0.218. The van der Waals surface area contributed by atoms with E-state index >= 15 is 4.39 Å². The highest BCUT2D eigenvalue weighted by Crippen LogP contribution is 2.58. The van der Waals surface area contributed by atoms with E-state index in [0.717, 1.165) is 6.42 Å². The van der Waals surface area contributed by atoms with Gasteiger partial charge in [0.1, 0.15) is 0 Å². The van der Waals surface area contributed by atoms with Crippen LogP contribution in [0.2, 0.25) is 0 Å². The van der Waals surface area contributed by atoms with Gasteiger partial charge in [0.15, 0.2) is 5.72 Å². The van der Waals surface area contributed by atoms with Gasteiger partial charge < -0.3 is 5.11 Å². The standard InChI is InChI=1S/C16H33FIN2OPS/c1-8-12(4)9-13(5,23)16(19,21)15(7,17)20(10(2)3)11(18)14(12,6)22/h10-11,21,23H,8-9,19,22H2,1-7H3. The van der Waals surface area contributed by atoms with Crippen LogP contribution in [0, 0.1) is 5.41 Å². The van der Waals surface area contributed by atoms with Crippen LogP contribution in [0.3, 0.4) is 0 Å². The molecule has 7 heteroatoms. The zero-order valence-electron chi connectivity index (χ0n) is 15.3. The van der Waals surface area contributed by atoms with Gasteiger partial charge in [0.05, 0.1) is 8.80 Å². The topological polar surface area (TPSA) is 49.5 Å². The summed E-state index contributed by atoms with van der Waals surface area (Å²) in [5, 5.41) is 10.8. The van der Waals surface area contributed by atoms with E-state index in [1.54, 1.807) is 11.8 Å². The molecule has 0 aromatic rings. The third-order valence-electron chi connectivity index (χ3n) is 6.11. The quantitative estimate of drug-likeness (QED) is 0.141. The second-order valence-electron chi connectivity index (χ2n) is 8.20. The Kier molecular flexibility index (Phi) is 6.31. The molecule has 1 aliphatic rings. The fourth-order valence-corrected chi connectivity index (χ4v) is 6.75. The number of hydrogen-bond acceptors (Lipinski definition) is 4. The number of aliphatic hydroxyl groups is 1. The summed E-state index contributed by atoms with van der Waals surface area (Å²) in [7, 11) is 2.95. The Labute approximate surface area is 162 Å². The Morgan fingerprint density at radius 3 is 2.17 bits per heavy atom. The van der Waals surface area contributed by atoms with Gasteiger partial charge in [0.2, 0.25) is 5.79 Å². The van der Waals surface area contributed by atoms with E-state index in [2.05, 4.69) is 65.2 Å². The molecule has 138 valence electrons. The zero-order chi connectivity index (χ0) is 18.6. The summed E-state index contributed by atoms with van der Waals surface area (Å²) in [6, 6.07) is -0.120. The number of hydrogen-bond donors (Lipinski definition) is 3. The first kappa shape index (κ1) is 22.4. The average molecular weight is 478 g/mol. The van der Waals surface area contributed by atoms with Crippen molar-refractivity contribution in [3.05, 3.63) is 0 Å². The number of thiol groups is 1. The molecule has 0 radical (unpaired) electrons. The van der Waals surface area contributed by atoms with Crippen LogP contribution in [0.4, 0.5) is 4.39 Å². The fourth-order valence-electron chi connectivity index (χ4n) is 3.82. The summed E-state index contributed by atoms with van der Waals surface area (Å²) in [6.45, 7) is 13.4. The maximum Gasteiger partial charge on any atom is 0.205 e. The van der Waals surface area contributed by atoms with Crippen molar-refractivity contribution in [1.82, 2.24) is 4.90 Å². The number of nitrogens with two attached hydrogens (primary N) is 1. The van der Waals surface area contributed by atoms with Crippen molar-refractivity contribution < 1.29 is 9.50 Å². The number of rotatable bonds is 2. The largest absolute Gasteiger partial charge is 0.370 e. The van der Waals surface area contributed by atoms with E-state index in [0.29, 0.717) is 6.42 Å². The molecule has 3 N–H and O–H groups in total. The first-order valence-electron chi connectivity index (χ1n) is 8.13. The van der Waals surface area contributed by atoms with Crippen molar-refractivity contribution in [2.75, 3.05) is 0 Å². The molecule has 1 rings (SSSR count). The van der Waals surface area contributed by atoms with Crippen LogP contribution in [-0.4, -0.2) is 41.5 Å². The smallest absolute Gasteiger partial charge is 0.205 e. The highest BCUT2D eigenvalue weighted by molar-refractivity contribution is 14.1. The van der Waals surface area contributed by atoms with Crippen LogP contribution in [0.25, 0.3) is 0 Å². The van der Waals surface area contributed by atoms with E-state index in [1.165, 1.54) is 6.92 Å². The maximum atomic E-state index is 15.9. The molecule has 1 saturated heterocycles. The average Bonchev–Trinajstić information content (AvgIpc) is 2.35. The molecule has 0 amide bonds. The highest BCUT2D eigenvalue weighted by Gasteiger charge is 2.66. The van der Waals surface area contributed by atoms with Crippen LogP contribution in [0.1, 0.15) is 61.3 Å². The molecule has 0 bridgehead atoms. The predicted octanol–water partition coefficient (Wildman–Crippen LogP) is 3.93. The summed E-state index contributed by atoms with van der Waals surface area (Å²) in [5.74, 6) is -2.11. The molecule has 0 spiro atoms. The van der Waals surface area contributed by atoms with Crippen LogP contribution in [0.5, 0.6) is 0 Å². The molecule has 1 aliphatic heterocycles. The lowest BCUT2D eigenvalue weighted by Gasteiger charge is -2.62. The maximum absolute atomic E-state index is 15.9. The molecule has 7 atom stereocenters. The lowest BCUT2D eigenvalue weighted by Crippen LogP contribution is -2.78. The third-order valence-corrected chi connectivity index (χ3v) is 10.2. The molecule has 7 unspecified atom stereocenters. The molecule has 1 heterocycles. The van der Waals surface area contributed by atoms with Gasteiger partial charge in [-0.25, -0.2) is 4.39 Å². The highest BCUT2D eigenvalue weighted by atomic mass is 127. The van der Waals surface area contributed by atoms with Crippen molar-refractivity contribution in [3.63, 3.8) is 0 Å². The van der Waals surface area contributed by atoms with Crippen molar-refractivity contribution in [2.24, 2.45) is 11.1 Å². The van der Waals surface area contributed by atoms with Crippen molar-refractivity contribution in [2.45, 2.75) is 92.8 Å². The van der Waals surface area contributed by atoms with Gasteiger partial charge in [-0.3, -0.25) is 10.6 Å². The van der Waals surface area contributed by atoms with Gasteiger partial charge in [-0.05, 0) is 46.0 Å². The zero-order valence-corrected chi connectivity index (χ0v) is 19.5. The van der Waals surface area contributed by atoms with Gasteiger partial charge in [-0.1, -0.05) is 43.4 Å². The number of alkyl halides is 2. The summed E-state index contributed by atoms with van der Waals surface area (Å²) in [4.78, 5) is 1.70. The van der Waals surface area contributed by atoms with E-state index < -0.39 is 16.3 Å². The normalized spacial score (nSPS) is 53.2. The SMILES string of the molecule is CCC1(C)CC(C)(S)C(N)(O)C(C)(F)N(C(C)C)C(I)C1(C)P. The number of halogens is 2. The van der Waals surface area contributed by atoms with Crippen molar-refractivity contribution in [1.29, 1.82) is 0 Å². The van der Waals surface area contributed by atoms with Gasteiger partial charge in [-0.2, -0.15) is 12.6 Å². The second kappa shape index (κ2) is 6.49. The molecule has 3 nitrogen and oxygen atoms in total.